The molecule has 11 heteroatoms. The number of methoxy groups -OCH3 is 1. The Labute approximate surface area is 206 Å². The molecule has 3 N–H and O–H groups in total. The third kappa shape index (κ3) is 9.12. The normalized spacial score (nSPS) is 13.3. The maximum atomic E-state index is 13.1. The van der Waals surface area contributed by atoms with Gasteiger partial charge in [0.25, 0.3) is 0 Å². The number of amides is 2. The van der Waals surface area contributed by atoms with Crippen LogP contribution in [0.4, 0.5) is 18.0 Å². The van der Waals surface area contributed by atoms with Crippen LogP contribution in [0.3, 0.4) is 0 Å². The average Bonchev–Trinajstić information content (AvgIpc) is 2.77. The van der Waals surface area contributed by atoms with Crippen molar-refractivity contribution in [1.29, 1.82) is 0 Å². The zero-order valence-electron chi connectivity index (χ0n) is 20.3. The first kappa shape index (κ1) is 28.5. The number of nitrogens with one attached hydrogen (secondary N) is 2. The van der Waals surface area contributed by atoms with Gasteiger partial charge in [-0.3, -0.25) is 4.79 Å². The van der Waals surface area contributed by atoms with Crippen LogP contribution in [-0.4, -0.2) is 47.9 Å². The molecule has 8 nitrogen and oxygen atoms in total. The number of carbonyl (C=O) groups is 3. The predicted molar refractivity (Wildman–Crippen MR) is 124 cm³/mol. The number of ether oxygens (including phenoxy) is 2. The van der Waals surface area contributed by atoms with Crippen molar-refractivity contribution in [2.45, 2.75) is 57.5 Å². The van der Waals surface area contributed by atoms with Crippen molar-refractivity contribution in [3.05, 3.63) is 65.2 Å². The fourth-order valence-electron chi connectivity index (χ4n) is 3.20. The maximum Gasteiger partial charge on any atom is 0.416 e. The monoisotopic (exact) mass is 510 g/mol. The molecule has 0 saturated carbocycles. The summed E-state index contributed by atoms with van der Waals surface area (Å²) in [6.07, 6.45) is -5.52. The predicted octanol–water partition coefficient (Wildman–Crippen LogP) is 3.75. The van der Waals surface area contributed by atoms with E-state index in [1.807, 2.05) is 0 Å². The molecule has 2 unspecified atom stereocenters. The average molecular weight is 511 g/mol. The highest BCUT2D eigenvalue weighted by atomic mass is 19.4. The molecule has 0 aliphatic heterocycles. The molecule has 0 heterocycles. The van der Waals surface area contributed by atoms with Crippen LogP contribution in [0.25, 0.3) is 0 Å². The lowest BCUT2D eigenvalue weighted by atomic mass is 10.0. The molecule has 2 atom stereocenters. The van der Waals surface area contributed by atoms with Gasteiger partial charge in [-0.1, -0.05) is 24.3 Å². The molecule has 0 spiro atoms. The van der Waals surface area contributed by atoms with Gasteiger partial charge < -0.3 is 25.2 Å². The minimum absolute atomic E-state index is 0.000468. The van der Waals surface area contributed by atoms with Gasteiger partial charge >= 0.3 is 18.2 Å². The Bertz CT molecular complexity index is 1050. The van der Waals surface area contributed by atoms with Gasteiger partial charge in [0.2, 0.25) is 5.91 Å². The Morgan fingerprint density at radius 1 is 0.861 bits per heavy atom. The summed E-state index contributed by atoms with van der Waals surface area (Å²) in [5.74, 6) is -1.54. The molecule has 0 fully saturated rings. The van der Waals surface area contributed by atoms with Crippen molar-refractivity contribution in [2.75, 3.05) is 7.11 Å². The summed E-state index contributed by atoms with van der Waals surface area (Å²) < 4.78 is 48.5. The number of aromatic hydroxyl groups is 1. The van der Waals surface area contributed by atoms with E-state index < -0.39 is 47.4 Å². The second kappa shape index (κ2) is 11.8. The molecular formula is C25H29F3N2O6. The number of hydrogen-bond donors (Lipinski definition) is 3. The summed E-state index contributed by atoms with van der Waals surface area (Å²) in [6, 6.07) is 7.71. The van der Waals surface area contributed by atoms with Crippen LogP contribution >= 0.6 is 0 Å². The van der Waals surface area contributed by atoms with E-state index in [9.17, 15) is 32.7 Å². The van der Waals surface area contributed by atoms with Crippen LogP contribution in [0.1, 0.15) is 37.5 Å². The topological polar surface area (TPSA) is 114 Å². The summed E-state index contributed by atoms with van der Waals surface area (Å²) in [4.78, 5) is 37.8. The number of esters is 1. The Kier molecular flexibility index (Phi) is 9.32. The Balaban J connectivity index is 2.23. The largest absolute Gasteiger partial charge is 0.508 e. The van der Waals surface area contributed by atoms with E-state index >= 15 is 0 Å². The second-order valence-corrected chi connectivity index (χ2v) is 9.05. The number of phenols is 1. The van der Waals surface area contributed by atoms with Crippen molar-refractivity contribution >= 4 is 18.0 Å². The van der Waals surface area contributed by atoms with Gasteiger partial charge in [0.15, 0.2) is 0 Å². The summed E-state index contributed by atoms with van der Waals surface area (Å²) >= 11 is 0. The van der Waals surface area contributed by atoms with Crippen molar-refractivity contribution in [3.63, 3.8) is 0 Å². The number of benzene rings is 2. The van der Waals surface area contributed by atoms with E-state index in [1.165, 1.54) is 24.3 Å². The number of hydrogen-bond acceptors (Lipinski definition) is 6. The van der Waals surface area contributed by atoms with Crippen molar-refractivity contribution in [2.24, 2.45) is 0 Å². The molecule has 0 aliphatic carbocycles. The van der Waals surface area contributed by atoms with Gasteiger partial charge in [-0.15, -0.1) is 0 Å². The third-order valence-electron chi connectivity index (χ3n) is 4.91. The fraction of sp³-hybridized carbons (Fsp3) is 0.400. The zero-order chi connectivity index (χ0) is 27.1. The van der Waals surface area contributed by atoms with Crippen LogP contribution in [-0.2, 0) is 38.1 Å². The van der Waals surface area contributed by atoms with Crippen molar-refractivity contribution in [1.82, 2.24) is 10.6 Å². The number of phenolic OH excluding ortho intramolecular Hbond substituents is 1. The van der Waals surface area contributed by atoms with Crippen LogP contribution in [0.2, 0.25) is 0 Å². The summed E-state index contributed by atoms with van der Waals surface area (Å²) in [6.45, 7) is 4.96. The molecule has 0 aromatic heterocycles. The zero-order valence-corrected chi connectivity index (χ0v) is 20.3. The Morgan fingerprint density at radius 3 is 1.83 bits per heavy atom. The molecule has 0 radical (unpaired) electrons. The van der Waals surface area contributed by atoms with Gasteiger partial charge in [-0.25, -0.2) is 9.59 Å². The second-order valence-electron chi connectivity index (χ2n) is 9.05. The lowest BCUT2D eigenvalue weighted by molar-refractivity contribution is -0.145. The van der Waals surface area contributed by atoms with E-state index in [2.05, 4.69) is 10.6 Å². The number of alkyl carbamates (subject to hydrolysis) is 1. The molecular weight excluding hydrogens is 481 g/mol. The van der Waals surface area contributed by atoms with E-state index in [-0.39, 0.29) is 18.6 Å². The molecule has 2 rings (SSSR count). The van der Waals surface area contributed by atoms with Crippen LogP contribution in [0.15, 0.2) is 48.5 Å². The molecule has 2 amide bonds. The Morgan fingerprint density at radius 2 is 1.36 bits per heavy atom. The molecule has 196 valence electrons. The Hall–Kier alpha value is -3.76. The number of carbonyl (C=O) groups excluding carboxylic acids is 3. The maximum absolute atomic E-state index is 13.1. The first-order valence-corrected chi connectivity index (χ1v) is 11.0. The highest BCUT2D eigenvalue weighted by Gasteiger charge is 2.31. The summed E-state index contributed by atoms with van der Waals surface area (Å²) in [7, 11) is 1.11. The number of rotatable bonds is 8. The van der Waals surface area contributed by atoms with Crippen molar-refractivity contribution < 1.29 is 42.1 Å². The van der Waals surface area contributed by atoms with Gasteiger partial charge in [0.05, 0.1) is 12.7 Å². The van der Waals surface area contributed by atoms with Gasteiger partial charge in [0.1, 0.15) is 23.4 Å². The van der Waals surface area contributed by atoms with Gasteiger partial charge in [-0.2, -0.15) is 13.2 Å². The standard InChI is InChI=1S/C25H29F3N2O6/c1-24(2,3)36-23(34)30-19(13-16-7-11-18(31)12-8-16)21(32)29-20(22(33)35-4)14-15-5-9-17(10-6-15)25(26,27)28/h5-12,19-20,31H,13-14H2,1-4H3,(H,29,32)(H,30,34). The number of halogens is 3. The quantitative estimate of drug-likeness (QED) is 0.466. The molecule has 0 aliphatic rings. The lowest BCUT2D eigenvalue weighted by Gasteiger charge is -2.25. The van der Waals surface area contributed by atoms with E-state index in [4.69, 9.17) is 9.47 Å². The number of alkyl halides is 3. The van der Waals surface area contributed by atoms with Crippen LogP contribution in [0.5, 0.6) is 5.75 Å². The molecule has 0 bridgehead atoms. The first-order chi connectivity index (χ1) is 16.7. The molecule has 0 saturated heterocycles. The molecule has 2 aromatic rings. The third-order valence-corrected chi connectivity index (χ3v) is 4.91. The summed E-state index contributed by atoms with van der Waals surface area (Å²) in [5, 5.41) is 14.5. The van der Waals surface area contributed by atoms with Gasteiger partial charge in [0, 0.05) is 12.8 Å². The smallest absolute Gasteiger partial charge is 0.416 e. The molecule has 2 aromatic carbocycles. The summed E-state index contributed by atoms with van der Waals surface area (Å²) in [5.41, 5.74) is -0.725. The highest BCUT2D eigenvalue weighted by molar-refractivity contribution is 5.90. The first-order valence-electron chi connectivity index (χ1n) is 11.0. The van der Waals surface area contributed by atoms with Crippen molar-refractivity contribution in [3.8, 4) is 5.75 Å². The van der Waals surface area contributed by atoms with Crippen LogP contribution in [0, 0.1) is 0 Å². The van der Waals surface area contributed by atoms with E-state index in [1.54, 1.807) is 32.9 Å². The van der Waals surface area contributed by atoms with E-state index in [0.29, 0.717) is 11.1 Å². The SMILES string of the molecule is COC(=O)C(Cc1ccc(C(F)(F)F)cc1)NC(=O)C(Cc1ccc(O)cc1)NC(=O)OC(C)(C)C. The highest BCUT2D eigenvalue weighted by Crippen LogP contribution is 2.29. The molecule has 36 heavy (non-hydrogen) atoms. The van der Waals surface area contributed by atoms with E-state index in [0.717, 1.165) is 19.2 Å². The van der Waals surface area contributed by atoms with Gasteiger partial charge in [-0.05, 0) is 56.2 Å². The minimum Gasteiger partial charge on any atom is -0.508 e. The lowest BCUT2D eigenvalue weighted by Crippen LogP contribution is -2.53. The fourth-order valence-corrected chi connectivity index (χ4v) is 3.20. The minimum atomic E-state index is -4.51. The van der Waals surface area contributed by atoms with Crippen LogP contribution < -0.4 is 10.6 Å².